The Balaban J connectivity index is 1.56. The van der Waals surface area contributed by atoms with Crippen LogP contribution in [0.5, 0.6) is 0 Å². The van der Waals surface area contributed by atoms with Crippen molar-refractivity contribution in [2.45, 2.75) is 32.9 Å². The van der Waals surface area contributed by atoms with Crippen LogP contribution >= 0.6 is 0 Å². The van der Waals surface area contributed by atoms with E-state index in [9.17, 15) is 9.18 Å². The smallest absolute Gasteiger partial charge is 0.259 e. The minimum Gasteiger partial charge on any atom is -0.367 e. The summed E-state index contributed by atoms with van der Waals surface area (Å²) < 4.78 is 14.9. The number of benzene rings is 2. The molecule has 0 aliphatic carbocycles. The number of para-hydroxylation sites is 1. The zero-order valence-electron chi connectivity index (χ0n) is 19.2. The fraction of sp³-hybridized carbons (Fsp3) is 0.240. The lowest BCUT2D eigenvalue weighted by molar-refractivity contribution is 0.102. The van der Waals surface area contributed by atoms with Crippen molar-refractivity contribution in [2.75, 3.05) is 16.8 Å². The minimum absolute atomic E-state index is 0.0313. The lowest BCUT2D eigenvalue weighted by atomic mass is 9.96. The number of fused-ring (bicyclic) bond motifs is 1. The summed E-state index contributed by atoms with van der Waals surface area (Å²) in [4.78, 5) is 19.6. The van der Waals surface area contributed by atoms with Crippen LogP contribution in [0.3, 0.4) is 0 Å². The summed E-state index contributed by atoms with van der Waals surface area (Å²) in [6.07, 6.45) is 0.708. The Labute approximate surface area is 198 Å². The van der Waals surface area contributed by atoms with Crippen molar-refractivity contribution in [1.29, 1.82) is 0 Å². The average Bonchev–Trinajstić information content (AvgIpc) is 2.84. The van der Waals surface area contributed by atoms with Gasteiger partial charge in [0.05, 0.1) is 5.56 Å². The number of rotatable bonds is 5. The van der Waals surface area contributed by atoms with E-state index in [4.69, 9.17) is 11.7 Å². The van der Waals surface area contributed by atoms with Gasteiger partial charge in [-0.15, -0.1) is 0 Å². The second-order valence-electron chi connectivity index (χ2n) is 8.42. The third kappa shape index (κ3) is 4.84. The van der Waals surface area contributed by atoms with Crippen LogP contribution in [0, 0.1) is 5.82 Å². The van der Waals surface area contributed by atoms with E-state index >= 15 is 0 Å². The number of nitrogens with two attached hydrogens (primary N) is 2. The van der Waals surface area contributed by atoms with E-state index in [2.05, 4.69) is 20.3 Å². The number of hydrazine groups is 1. The van der Waals surface area contributed by atoms with Gasteiger partial charge in [0.2, 0.25) is 0 Å². The highest BCUT2D eigenvalue weighted by molar-refractivity contribution is 6.04. The molecule has 1 aliphatic heterocycles. The fourth-order valence-electron chi connectivity index (χ4n) is 3.93. The maximum Gasteiger partial charge on any atom is 0.259 e. The lowest BCUT2D eigenvalue weighted by Gasteiger charge is -2.31. The van der Waals surface area contributed by atoms with Gasteiger partial charge >= 0.3 is 0 Å². The van der Waals surface area contributed by atoms with Crippen LogP contribution < -0.4 is 21.9 Å². The first kappa shape index (κ1) is 23.2. The summed E-state index contributed by atoms with van der Waals surface area (Å²) in [6.45, 7) is 5.16. The largest absolute Gasteiger partial charge is 0.367 e. The van der Waals surface area contributed by atoms with Gasteiger partial charge in [-0.25, -0.2) is 15.2 Å². The molecule has 0 atom stereocenters. The Morgan fingerprint density at radius 1 is 1.15 bits per heavy atom. The van der Waals surface area contributed by atoms with E-state index in [1.54, 1.807) is 24.3 Å². The number of hydrogen-bond donors (Lipinski definition) is 3. The van der Waals surface area contributed by atoms with Crippen molar-refractivity contribution in [1.82, 2.24) is 9.99 Å². The van der Waals surface area contributed by atoms with Crippen molar-refractivity contribution < 1.29 is 9.18 Å². The lowest BCUT2D eigenvalue weighted by Crippen LogP contribution is -2.44. The van der Waals surface area contributed by atoms with Crippen molar-refractivity contribution in [3.05, 3.63) is 88.9 Å². The number of nitrogens with zero attached hydrogens (tertiary/aromatic N) is 4. The molecule has 5 N–H and O–H groups in total. The van der Waals surface area contributed by atoms with Crippen molar-refractivity contribution in [3.8, 4) is 0 Å². The molecule has 2 aromatic carbocycles. The Bertz CT molecular complexity index is 1210. The second-order valence-corrected chi connectivity index (χ2v) is 8.42. The first-order chi connectivity index (χ1) is 16.4. The van der Waals surface area contributed by atoms with Crippen LogP contribution in [0.1, 0.15) is 41.0 Å². The second kappa shape index (κ2) is 9.88. The molecule has 0 saturated carbocycles. The topological polar surface area (TPSA) is 113 Å². The number of carbonyl (C=O) groups is 1. The predicted octanol–water partition coefficient (Wildman–Crippen LogP) is 3.24. The minimum atomic E-state index is -0.582. The molecule has 8 nitrogen and oxygen atoms in total. The van der Waals surface area contributed by atoms with Crippen LogP contribution in [0.25, 0.3) is 0 Å². The van der Waals surface area contributed by atoms with Crippen molar-refractivity contribution >= 4 is 23.2 Å². The Kier molecular flexibility index (Phi) is 6.74. The molecule has 3 aromatic rings. The number of anilines is 2. The number of halogens is 1. The molecule has 0 bridgehead atoms. The average molecular weight is 462 g/mol. The molecule has 0 spiro atoms. The van der Waals surface area contributed by atoms with Gasteiger partial charge in [-0.2, -0.15) is 5.10 Å². The van der Waals surface area contributed by atoms with E-state index in [0.29, 0.717) is 18.7 Å². The highest BCUT2D eigenvalue weighted by Crippen LogP contribution is 2.27. The molecule has 0 saturated heterocycles. The number of hydrogen-bond acceptors (Lipinski definition) is 6. The van der Waals surface area contributed by atoms with Gasteiger partial charge in [0, 0.05) is 24.8 Å². The summed E-state index contributed by atoms with van der Waals surface area (Å²) in [5.74, 6) is 10.9. The number of aromatic nitrogens is 1. The first-order valence-corrected chi connectivity index (χ1v) is 11.1. The molecule has 0 fully saturated rings. The molecule has 1 aromatic heterocycles. The maximum atomic E-state index is 14.9. The molecule has 176 valence electrons. The predicted molar refractivity (Wildman–Crippen MR) is 132 cm³/mol. The van der Waals surface area contributed by atoms with Gasteiger partial charge in [-0.1, -0.05) is 24.3 Å². The van der Waals surface area contributed by atoms with Crippen LogP contribution in [0.4, 0.5) is 15.9 Å². The number of amides is 1. The summed E-state index contributed by atoms with van der Waals surface area (Å²) in [6, 6.07) is 18.0. The van der Waals surface area contributed by atoms with E-state index in [0.717, 1.165) is 23.4 Å². The first-order valence-electron chi connectivity index (χ1n) is 11.1. The summed E-state index contributed by atoms with van der Waals surface area (Å²) in [7, 11) is 0. The zero-order valence-corrected chi connectivity index (χ0v) is 19.2. The molecule has 0 radical (unpaired) electrons. The van der Waals surface area contributed by atoms with Crippen LogP contribution in [-0.2, 0) is 13.0 Å². The molecule has 0 unspecified atom stereocenters. The van der Waals surface area contributed by atoms with Crippen LogP contribution in [0.15, 0.2) is 65.8 Å². The number of hydrazone groups is 1. The molecule has 34 heavy (non-hydrogen) atoms. The molecule has 2 heterocycles. The molecular formula is C25H28FN7O. The van der Waals surface area contributed by atoms with Gasteiger partial charge in [0.1, 0.15) is 17.3 Å². The number of amidine groups is 1. The van der Waals surface area contributed by atoms with E-state index in [1.807, 2.05) is 44.2 Å². The SMILES string of the molecule is CC(C)N(N)/C(=N\N)c1cccc(NC(=O)c2cc3c(cc2F)CCN(c2ccccc2)C3)n1. The van der Waals surface area contributed by atoms with Gasteiger partial charge < -0.3 is 16.1 Å². The standard InChI is InChI=1S/C25H28FN7O/c1-16(2)33(28)24(31-27)22-9-6-10-23(29-22)30-25(34)20-13-18-15-32(19-7-4-3-5-8-19)12-11-17(18)14-21(20)26/h3-10,13-14,16H,11-12,15,27-28H2,1-2H3,(H,29,30,34)/b31-24-. The van der Waals surface area contributed by atoms with Gasteiger partial charge in [0.25, 0.3) is 5.91 Å². The van der Waals surface area contributed by atoms with E-state index in [1.165, 1.54) is 11.1 Å². The van der Waals surface area contributed by atoms with Crippen LogP contribution in [-0.4, -0.2) is 34.3 Å². The van der Waals surface area contributed by atoms with Crippen molar-refractivity contribution in [3.63, 3.8) is 0 Å². The van der Waals surface area contributed by atoms with Crippen LogP contribution in [0.2, 0.25) is 0 Å². The monoisotopic (exact) mass is 461 g/mol. The molecule has 4 rings (SSSR count). The summed E-state index contributed by atoms with van der Waals surface area (Å²) in [5.41, 5.74) is 3.30. The Morgan fingerprint density at radius 2 is 1.91 bits per heavy atom. The number of nitrogens with one attached hydrogen (secondary N) is 1. The normalized spacial score (nSPS) is 13.6. The highest BCUT2D eigenvalue weighted by Gasteiger charge is 2.22. The van der Waals surface area contributed by atoms with Crippen molar-refractivity contribution in [2.24, 2.45) is 16.8 Å². The van der Waals surface area contributed by atoms with E-state index < -0.39 is 11.7 Å². The van der Waals surface area contributed by atoms with Gasteiger partial charge in [-0.3, -0.25) is 9.80 Å². The molecule has 1 amide bonds. The number of pyridine rings is 1. The quantitative estimate of drug-likeness (QED) is 0.233. The molecular weight excluding hydrogens is 433 g/mol. The van der Waals surface area contributed by atoms with Gasteiger partial charge in [0.15, 0.2) is 5.84 Å². The molecule has 1 aliphatic rings. The highest BCUT2D eigenvalue weighted by atomic mass is 19.1. The Hall–Kier alpha value is -3.98. The molecule has 9 heteroatoms. The Morgan fingerprint density at radius 3 is 2.62 bits per heavy atom. The zero-order chi connectivity index (χ0) is 24.2. The third-order valence-corrected chi connectivity index (χ3v) is 5.81. The van der Waals surface area contributed by atoms with E-state index in [-0.39, 0.29) is 23.3 Å². The summed E-state index contributed by atoms with van der Waals surface area (Å²) >= 11 is 0. The fourth-order valence-corrected chi connectivity index (χ4v) is 3.93. The third-order valence-electron chi connectivity index (χ3n) is 5.81. The number of carbonyl (C=O) groups excluding carboxylic acids is 1. The maximum absolute atomic E-state index is 14.9. The van der Waals surface area contributed by atoms with Gasteiger partial charge in [-0.05, 0) is 67.8 Å². The summed E-state index contributed by atoms with van der Waals surface area (Å²) in [5, 5.41) is 7.79.